The molecule has 1 atom stereocenters. The quantitative estimate of drug-likeness (QED) is 0.272. The molecule has 33 heavy (non-hydrogen) atoms. The first-order chi connectivity index (χ1) is 15.9. The highest BCUT2D eigenvalue weighted by molar-refractivity contribution is 9.10. The molecule has 3 aromatic carbocycles. The molecular formula is C27H26BrN3O2. The number of rotatable bonds is 7. The standard InChI is InChI=1S/C27H26BrN3O2/c1-4-19(3)26-30-25-13-12-22(28)15-24(25)27(32)31(26)29-16-21-6-5-7-23(14-21)33-17-20-10-8-18(2)9-11-20/h5-16,19H,4,17H2,1-3H3/t19-/m0/s1. The van der Waals surface area contributed by atoms with Crippen molar-refractivity contribution in [2.24, 2.45) is 5.10 Å². The van der Waals surface area contributed by atoms with Crippen LogP contribution >= 0.6 is 15.9 Å². The summed E-state index contributed by atoms with van der Waals surface area (Å²) in [5.74, 6) is 1.49. The fourth-order valence-corrected chi connectivity index (χ4v) is 3.80. The molecule has 0 saturated carbocycles. The summed E-state index contributed by atoms with van der Waals surface area (Å²) in [5.41, 5.74) is 3.67. The summed E-state index contributed by atoms with van der Waals surface area (Å²) < 4.78 is 8.20. The van der Waals surface area contributed by atoms with Crippen molar-refractivity contribution in [3.8, 4) is 5.75 Å². The van der Waals surface area contributed by atoms with Crippen molar-refractivity contribution in [2.75, 3.05) is 0 Å². The largest absolute Gasteiger partial charge is 0.489 e. The van der Waals surface area contributed by atoms with Gasteiger partial charge in [0, 0.05) is 10.4 Å². The molecule has 4 aromatic rings. The lowest BCUT2D eigenvalue weighted by Crippen LogP contribution is -2.23. The van der Waals surface area contributed by atoms with Crippen LogP contribution in [0.1, 0.15) is 48.7 Å². The van der Waals surface area contributed by atoms with Gasteiger partial charge in [-0.3, -0.25) is 4.79 Å². The van der Waals surface area contributed by atoms with Crippen LogP contribution in [-0.2, 0) is 6.61 Å². The third-order valence-corrected chi connectivity index (χ3v) is 6.09. The molecule has 1 aromatic heterocycles. The first kappa shape index (κ1) is 22.9. The van der Waals surface area contributed by atoms with E-state index in [-0.39, 0.29) is 11.5 Å². The molecule has 0 aliphatic rings. The monoisotopic (exact) mass is 503 g/mol. The summed E-state index contributed by atoms with van der Waals surface area (Å²) in [5, 5.41) is 5.07. The van der Waals surface area contributed by atoms with E-state index in [1.54, 1.807) is 12.3 Å². The second-order valence-corrected chi connectivity index (χ2v) is 9.06. The predicted octanol–water partition coefficient (Wildman–Crippen LogP) is 6.44. The molecule has 168 valence electrons. The first-order valence-electron chi connectivity index (χ1n) is 11.0. The summed E-state index contributed by atoms with van der Waals surface area (Å²) >= 11 is 3.44. The van der Waals surface area contributed by atoms with Gasteiger partial charge >= 0.3 is 0 Å². The molecular weight excluding hydrogens is 478 g/mol. The van der Waals surface area contributed by atoms with Gasteiger partial charge in [-0.2, -0.15) is 9.78 Å². The number of benzene rings is 3. The van der Waals surface area contributed by atoms with Crippen molar-refractivity contribution in [2.45, 2.75) is 39.7 Å². The van der Waals surface area contributed by atoms with Crippen molar-refractivity contribution in [1.29, 1.82) is 0 Å². The SMILES string of the molecule is CC[C@H](C)c1nc2ccc(Br)cc2c(=O)n1N=Cc1cccc(OCc2ccc(C)cc2)c1. The molecule has 0 unspecified atom stereocenters. The molecule has 0 bridgehead atoms. The average molecular weight is 504 g/mol. The van der Waals surface area contributed by atoms with E-state index < -0.39 is 0 Å². The van der Waals surface area contributed by atoms with Gasteiger partial charge in [-0.25, -0.2) is 4.98 Å². The van der Waals surface area contributed by atoms with E-state index in [1.807, 2.05) is 36.4 Å². The molecule has 0 aliphatic carbocycles. The minimum Gasteiger partial charge on any atom is -0.489 e. The van der Waals surface area contributed by atoms with Crippen LogP contribution in [0.15, 0.2) is 81.1 Å². The van der Waals surface area contributed by atoms with Gasteiger partial charge in [0.2, 0.25) is 0 Å². The minimum absolute atomic E-state index is 0.0899. The molecule has 0 spiro atoms. The van der Waals surface area contributed by atoms with Crippen LogP contribution in [0.3, 0.4) is 0 Å². The Hall–Kier alpha value is -3.25. The van der Waals surface area contributed by atoms with Crippen molar-refractivity contribution >= 4 is 33.0 Å². The van der Waals surface area contributed by atoms with Crippen LogP contribution in [0.2, 0.25) is 0 Å². The van der Waals surface area contributed by atoms with Crippen molar-refractivity contribution in [3.63, 3.8) is 0 Å². The average Bonchev–Trinajstić information content (AvgIpc) is 2.83. The summed E-state index contributed by atoms with van der Waals surface area (Å²) in [6, 6.07) is 21.5. The zero-order valence-corrected chi connectivity index (χ0v) is 20.5. The van der Waals surface area contributed by atoms with Crippen LogP contribution in [0.4, 0.5) is 0 Å². The summed E-state index contributed by atoms with van der Waals surface area (Å²) in [6.07, 6.45) is 2.53. The predicted molar refractivity (Wildman–Crippen MR) is 137 cm³/mol. The maximum Gasteiger partial charge on any atom is 0.282 e. The maximum atomic E-state index is 13.3. The summed E-state index contributed by atoms with van der Waals surface area (Å²) in [6.45, 7) is 6.68. The Morgan fingerprint density at radius 2 is 1.91 bits per heavy atom. The third-order valence-electron chi connectivity index (χ3n) is 5.59. The highest BCUT2D eigenvalue weighted by Crippen LogP contribution is 2.21. The fourth-order valence-electron chi connectivity index (χ4n) is 3.44. The second-order valence-electron chi connectivity index (χ2n) is 8.15. The number of halogens is 1. The number of hydrogen-bond donors (Lipinski definition) is 0. The van der Waals surface area contributed by atoms with Gasteiger partial charge in [-0.1, -0.05) is 71.7 Å². The van der Waals surface area contributed by atoms with Gasteiger partial charge in [0.1, 0.15) is 18.2 Å². The Morgan fingerprint density at radius 1 is 1.12 bits per heavy atom. The Morgan fingerprint density at radius 3 is 2.67 bits per heavy atom. The highest BCUT2D eigenvalue weighted by Gasteiger charge is 2.15. The minimum atomic E-state index is -0.181. The Kier molecular flexibility index (Phi) is 7.04. The topological polar surface area (TPSA) is 56.5 Å². The lowest BCUT2D eigenvalue weighted by molar-refractivity contribution is 0.306. The second kappa shape index (κ2) is 10.1. The zero-order chi connectivity index (χ0) is 23.4. The molecule has 1 heterocycles. The number of hydrogen-bond acceptors (Lipinski definition) is 4. The van der Waals surface area contributed by atoms with Crippen LogP contribution in [-0.4, -0.2) is 15.9 Å². The van der Waals surface area contributed by atoms with Crippen LogP contribution in [0.25, 0.3) is 10.9 Å². The number of ether oxygens (including phenoxy) is 1. The molecule has 0 radical (unpaired) electrons. The van der Waals surface area contributed by atoms with Gasteiger partial charge in [-0.05, 0) is 54.8 Å². The molecule has 0 aliphatic heterocycles. The molecule has 4 rings (SSSR count). The van der Waals surface area contributed by atoms with Gasteiger partial charge < -0.3 is 4.74 Å². The van der Waals surface area contributed by atoms with E-state index in [4.69, 9.17) is 9.72 Å². The highest BCUT2D eigenvalue weighted by atomic mass is 79.9. The molecule has 0 saturated heterocycles. The molecule has 6 heteroatoms. The lowest BCUT2D eigenvalue weighted by atomic mass is 10.1. The maximum absolute atomic E-state index is 13.3. The van der Waals surface area contributed by atoms with Crippen molar-refractivity contribution in [1.82, 2.24) is 9.66 Å². The Balaban J connectivity index is 1.63. The molecule has 5 nitrogen and oxygen atoms in total. The van der Waals surface area contributed by atoms with E-state index >= 15 is 0 Å². The van der Waals surface area contributed by atoms with Gasteiger partial charge in [0.25, 0.3) is 5.56 Å². The van der Waals surface area contributed by atoms with Crippen molar-refractivity contribution in [3.05, 3.63) is 104 Å². The van der Waals surface area contributed by atoms with E-state index in [1.165, 1.54) is 10.2 Å². The van der Waals surface area contributed by atoms with Crippen LogP contribution in [0.5, 0.6) is 5.75 Å². The van der Waals surface area contributed by atoms with E-state index in [2.05, 4.69) is 66.1 Å². The van der Waals surface area contributed by atoms with Gasteiger partial charge in [-0.15, -0.1) is 0 Å². The third kappa shape index (κ3) is 5.40. The summed E-state index contributed by atoms with van der Waals surface area (Å²) in [4.78, 5) is 18.0. The first-order valence-corrected chi connectivity index (χ1v) is 11.8. The van der Waals surface area contributed by atoms with Crippen LogP contribution < -0.4 is 10.3 Å². The number of aromatic nitrogens is 2. The lowest BCUT2D eigenvalue weighted by Gasteiger charge is -2.14. The van der Waals surface area contributed by atoms with Crippen LogP contribution in [0, 0.1) is 6.92 Å². The van der Waals surface area contributed by atoms with Crippen molar-refractivity contribution < 1.29 is 4.74 Å². The van der Waals surface area contributed by atoms with E-state index in [9.17, 15) is 4.79 Å². The molecule has 0 N–H and O–H groups in total. The van der Waals surface area contributed by atoms with E-state index in [0.717, 1.165) is 27.8 Å². The number of nitrogens with zero attached hydrogens (tertiary/aromatic N) is 3. The van der Waals surface area contributed by atoms with Gasteiger partial charge in [0.15, 0.2) is 0 Å². The zero-order valence-electron chi connectivity index (χ0n) is 19.0. The smallest absolute Gasteiger partial charge is 0.282 e. The Labute approximate surface area is 201 Å². The molecule has 0 amide bonds. The fraction of sp³-hybridized carbons (Fsp3) is 0.222. The molecule has 0 fully saturated rings. The summed E-state index contributed by atoms with van der Waals surface area (Å²) in [7, 11) is 0. The van der Waals surface area contributed by atoms with Gasteiger partial charge in [0.05, 0.1) is 17.1 Å². The normalized spacial score (nSPS) is 12.4. The Bertz CT molecular complexity index is 1360. The van der Waals surface area contributed by atoms with E-state index in [0.29, 0.717) is 23.3 Å². The number of fused-ring (bicyclic) bond motifs is 1. The number of aryl methyl sites for hydroxylation is 1.